The summed E-state index contributed by atoms with van der Waals surface area (Å²) in [5.74, 6) is 0.0546. The van der Waals surface area contributed by atoms with Crippen molar-refractivity contribution in [3.05, 3.63) is 70.2 Å². The van der Waals surface area contributed by atoms with E-state index in [0.29, 0.717) is 12.3 Å². The molecular weight excluding hydrogens is 486 g/mol. The number of hydrogen-bond donors (Lipinski definition) is 0. The second-order valence-electron chi connectivity index (χ2n) is 8.54. The lowest BCUT2D eigenvalue weighted by Gasteiger charge is -2.44. The van der Waals surface area contributed by atoms with E-state index in [1.54, 1.807) is 6.92 Å². The minimum absolute atomic E-state index is 0.0670. The summed E-state index contributed by atoms with van der Waals surface area (Å²) in [5, 5.41) is 0. The molecule has 2 aromatic rings. The zero-order valence-electron chi connectivity index (χ0n) is 18.5. The van der Waals surface area contributed by atoms with Gasteiger partial charge >= 0.3 is 5.97 Å². The normalized spacial score (nSPS) is 25.6. The molecule has 1 aliphatic carbocycles. The quantitative estimate of drug-likeness (QED) is 0.413. The fraction of sp³-hybridized carbons (Fsp3) is 0.385. The molecule has 172 valence electrons. The van der Waals surface area contributed by atoms with Gasteiger partial charge in [-0.1, -0.05) is 51.8 Å². The van der Waals surface area contributed by atoms with Crippen LogP contribution in [0.2, 0.25) is 0 Å². The maximum atomic E-state index is 14.1. The van der Waals surface area contributed by atoms with Crippen LogP contribution in [0.4, 0.5) is 5.69 Å². The molecule has 7 heteroatoms. The lowest BCUT2D eigenvalue weighted by Crippen LogP contribution is -2.54. The van der Waals surface area contributed by atoms with Gasteiger partial charge in [-0.3, -0.25) is 14.5 Å². The van der Waals surface area contributed by atoms with Crippen LogP contribution in [0.5, 0.6) is 5.75 Å². The third-order valence-corrected chi connectivity index (χ3v) is 7.27. The lowest BCUT2D eigenvalue weighted by molar-refractivity contribution is -0.175. The van der Waals surface area contributed by atoms with Gasteiger partial charge in [0.15, 0.2) is 5.60 Å². The average molecular weight is 512 g/mol. The summed E-state index contributed by atoms with van der Waals surface area (Å²) < 4.78 is 18.7. The van der Waals surface area contributed by atoms with Crippen molar-refractivity contribution >= 4 is 33.5 Å². The maximum absolute atomic E-state index is 14.1. The average Bonchev–Trinajstić information content (AvgIpc) is 3.38. The van der Waals surface area contributed by atoms with Crippen molar-refractivity contribution in [3.8, 4) is 5.75 Å². The molecule has 5 rings (SSSR count). The Labute approximate surface area is 201 Å². The Kier molecular flexibility index (Phi) is 6.01. The molecular formula is C26H26BrNO5. The number of carbonyl (C=O) groups excluding carboxylic acids is 2. The van der Waals surface area contributed by atoms with Gasteiger partial charge in [-0.05, 0) is 50.5 Å². The summed E-state index contributed by atoms with van der Waals surface area (Å²) in [6.45, 7) is 2.22. The molecule has 1 unspecified atom stereocenters. The molecule has 2 aromatic carbocycles. The van der Waals surface area contributed by atoms with E-state index < -0.39 is 11.6 Å². The van der Waals surface area contributed by atoms with Crippen LogP contribution in [0.15, 0.2) is 64.7 Å². The predicted molar refractivity (Wildman–Crippen MR) is 127 cm³/mol. The summed E-state index contributed by atoms with van der Waals surface area (Å²) in [5.41, 5.74) is 1.53. The van der Waals surface area contributed by atoms with Crippen LogP contribution in [-0.2, 0) is 24.7 Å². The summed E-state index contributed by atoms with van der Waals surface area (Å²) in [6.07, 6.45) is 4.41. The van der Waals surface area contributed by atoms with Gasteiger partial charge in [0, 0.05) is 16.0 Å². The third kappa shape index (κ3) is 3.77. The minimum Gasteiger partial charge on any atom is -0.491 e. The SMILES string of the molecule is CCOC(=O)CN1C(=O)[C@]2(O[C@H](COc3ccccc3)CC3=CCCC32)c2c(Br)cccc21. The molecule has 0 aromatic heterocycles. The van der Waals surface area contributed by atoms with Gasteiger partial charge in [0.25, 0.3) is 5.91 Å². The summed E-state index contributed by atoms with van der Waals surface area (Å²) in [7, 11) is 0. The number of rotatable bonds is 6. The van der Waals surface area contributed by atoms with Crippen LogP contribution >= 0.6 is 15.9 Å². The smallest absolute Gasteiger partial charge is 0.326 e. The first-order valence-electron chi connectivity index (χ1n) is 11.4. The number of esters is 1. The van der Waals surface area contributed by atoms with E-state index in [0.717, 1.165) is 35.0 Å². The molecule has 0 N–H and O–H groups in total. The molecule has 2 heterocycles. The molecule has 0 bridgehead atoms. The number of allylic oxidation sites excluding steroid dienone is 1. The van der Waals surface area contributed by atoms with Crippen LogP contribution in [-0.4, -0.2) is 37.7 Å². The highest BCUT2D eigenvalue weighted by Crippen LogP contribution is 2.58. The number of anilines is 1. The monoisotopic (exact) mass is 511 g/mol. The number of nitrogens with zero attached hydrogens (tertiary/aromatic N) is 1. The van der Waals surface area contributed by atoms with Gasteiger partial charge in [0.05, 0.1) is 18.4 Å². The van der Waals surface area contributed by atoms with Crippen molar-refractivity contribution < 1.29 is 23.8 Å². The topological polar surface area (TPSA) is 65.1 Å². The Bertz CT molecular complexity index is 1100. The summed E-state index contributed by atoms with van der Waals surface area (Å²) in [6, 6.07) is 15.3. The number of fused-ring (bicyclic) bond motifs is 4. The molecule has 33 heavy (non-hydrogen) atoms. The predicted octanol–water partition coefficient (Wildman–Crippen LogP) is 4.76. The van der Waals surface area contributed by atoms with Gasteiger partial charge < -0.3 is 14.2 Å². The molecule has 6 nitrogen and oxygen atoms in total. The lowest BCUT2D eigenvalue weighted by atomic mass is 9.74. The van der Waals surface area contributed by atoms with Crippen LogP contribution in [0.3, 0.4) is 0 Å². The Morgan fingerprint density at radius 1 is 1.21 bits per heavy atom. The van der Waals surface area contributed by atoms with Crippen LogP contribution in [0.1, 0.15) is 31.7 Å². The number of hydrogen-bond acceptors (Lipinski definition) is 5. The van der Waals surface area contributed by atoms with Gasteiger partial charge in [0.1, 0.15) is 18.9 Å². The molecule has 1 fully saturated rings. The second-order valence-corrected chi connectivity index (χ2v) is 9.40. The third-order valence-electron chi connectivity index (χ3n) is 6.60. The van der Waals surface area contributed by atoms with Crippen LogP contribution < -0.4 is 9.64 Å². The van der Waals surface area contributed by atoms with E-state index >= 15 is 0 Å². The van der Waals surface area contributed by atoms with Gasteiger partial charge in [-0.2, -0.15) is 0 Å². The standard InChI is InChI=1S/C26H26BrNO5/c1-2-31-23(29)15-28-22-13-7-12-21(27)24(22)26(25(28)30)20-11-6-8-17(20)14-19(33-26)16-32-18-9-4-3-5-10-18/h3-5,7-10,12-13,19-20H,2,6,11,14-16H2,1H3/t19-,20?,26+/m0/s1. The first kappa shape index (κ1) is 22.2. The van der Waals surface area contributed by atoms with Crippen molar-refractivity contribution in [2.45, 2.75) is 37.9 Å². The first-order valence-corrected chi connectivity index (χ1v) is 12.1. The fourth-order valence-corrected chi connectivity index (χ4v) is 6.00. The number of amides is 1. The molecule has 3 atom stereocenters. The largest absolute Gasteiger partial charge is 0.491 e. The van der Waals surface area contributed by atoms with Crippen molar-refractivity contribution in [2.24, 2.45) is 5.92 Å². The molecule has 1 amide bonds. The van der Waals surface area contributed by atoms with E-state index in [9.17, 15) is 9.59 Å². The zero-order valence-corrected chi connectivity index (χ0v) is 20.0. The molecule has 1 saturated heterocycles. The van der Waals surface area contributed by atoms with E-state index in [1.807, 2.05) is 48.5 Å². The highest BCUT2D eigenvalue weighted by Gasteiger charge is 2.62. The second kappa shape index (κ2) is 8.95. The highest BCUT2D eigenvalue weighted by atomic mass is 79.9. The highest BCUT2D eigenvalue weighted by molar-refractivity contribution is 9.10. The number of benzene rings is 2. The maximum Gasteiger partial charge on any atom is 0.326 e. The Hall–Kier alpha value is -2.64. The van der Waals surface area contributed by atoms with E-state index in [2.05, 4.69) is 22.0 Å². The van der Waals surface area contributed by atoms with Gasteiger partial charge in [0.2, 0.25) is 0 Å². The first-order chi connectivity index (χ1) is 16.0. The Morgan fingerprint density at radius 2 is 2.03 bits per heavy atom. The van der Waals surface area contributed by atoms with E-state index in [4.69, 9.17) is 14.2 Å². The molecule has 0 saturated carbocycles. The minimum atomic E-state index is -1.19. The zero-order chi connectivity index (χ0) is 23.0. The number of halogens is 1. The van der Waals surface area contributed by atoms with Crippen LogP contribution in [0.25, 0.3) is 0 Å². The summed E-state index contributed by atoms with van der Waals surface area (Å²) in [4.78, 5) is 28.0. The van der Waals surface area contributed by atoms with Crippen LogP contribution in [0, 0.1) is 5.92 Å². The number of ether oxygens (including phenoxy) is 3. The molecule has 0 radical (unpaired) electrons. The number of carbonyl (C=O) groups is 2. The van der Waals surface area contributed by atoms with Crippen molar-refractivity contribution in [1.82, 2.24) is 0 Å². The summed E-state index contributed by atoms with van der Waals surface area (Å²) >= 11 is 3.68. The fourth-order valence-electron chi connectivity index (χ4n) is 5.35. The van der Waals surface area contributed by atoms with Crippen molar-refractivity contribution in [3.63, 3.8) is 0 Å². The molecule has 1 spiro atoms. The Balaban J connectivity index is 1.52. The number of para-hydroxylation sites is 1. The van der Waals surface area contributed by atoms with Gasteiger partial charge in [-0.25, -0.2) is 0 Å². The molecule has 2 aliphatic heterocycles. The Morgan fingerprint density at radius 3 is 2.82 bits per heavy atom. The van der Waals surface area contributed by atoms with Crippen molar-refractivity contribution in [2.75, 3.05) is 24.7 Å². The van der Waals surface area contributed by atoms with E-state index in [1.165, 1.54) is 10.5 Å². The molecule has 3 aliphatic rings. The van der Waals surface area contributed by atoms with E-state index in [-0.39, 0.29) is 31.1 Å². The van der Waals surface area contributed by atoms with Gasteiger partial charge in [-0.15, -0.1) is 0 Å². The van der Waals surface area contributed by atoms with Crippen molar-refractivity contribution in [1.29, 1.82) is 0 Å².